The van der Waals surface area contributed by atoms with Crippen LogP contribution in [0.5, 0.6) is 0 Å². The van der Waals surface area contributed by atoms with Crippen molar-refractivity contribution >= 4 is 5.95 Å². The average Bonchev–Trinajstić information content (AvgIpc) is 2.28. The topological polar surface area (TPSA) is 61.3 Å². The summed E-state index contributed by atoms with van der Waals surface area (Å²) in [5, 5.41) is 11.6. The predicted molar refractivity (Wildman–Crippen MR) is 60.1 cm³/mol. The number of halogens is 3. The molecule has 0 aliphatic heterocycles. The molecule has 18 heavy (non-hydrogen) atoms. The third-order valence-corrected chi connectivity index (χ3v) is 2.10. The second-order valence-corrected chi connectivity index (χ2v) is 3.68. The van der Waals surface area contributed by atoms with Gasteiger partial charge < -0.3 is 15.3 Å². The first kappa shape index (κ1) is 14.7. The van der Waals surface area contributed by atoms with Gasteiger partial charge in [-0.15, -0.1) is 0 Å². The summed E-state index contributed by atoms with van der Waals surface area (Å²) >= 11 is 0. The Morgan fingerprint density at radius 2 is 1.94 bits per heavy atom. The van der Waals surface area contributed by atoms with Crippen molar-refractivity contribution < 1.29 is 18.3 Å². The molecule has 5 nitrogen and oxygen atoms in total. The van der Waals surface area contributed by atoms with Gasteiger partial charge in [0, 0.05) is 31.0 Å². The minimum absolute atomic E-state index is 0.0405. The largest absolute Gasteiger partial charge is 0.406 e. The van der Waals surface area contributed by atoms with Crippen LogP contribution in [-0.2, 0) is 6.54 Å². The van der Waals surface area contributed by atoms with Gasteiger partial charge in [0.25, 0.3) is 0 Å². The van der Waals surface area contributed by atoms with Gasteiger partial charge in [-0.05, 0) is 7.05 Å². The van der Waals surface area contributed by atoms with Crippen molar-refractivity contribution in [2.45, 2.75) is 12.7 Å². The molecule has 1 aromatic rings. The Morgan fingerprint density at radius 3 is 2.39 bits per heavy atom. The molecule has 0 amide bonds. The first-order valence-corrected chi connectivity index (χ1v) is 5.34. The lowest BCUT2D eigenvalue weighted by Gasteiger charge is -2.22. The number of hydrogen-bond donors (Lipinski definition) is 2. The van der Waals surface area contributed by atoms with Crippen molar-refractivity contribution in [2.75, 3.05) is 31.6 Å². The quantitative estimate of drug-likeness (QED) is 0.786. The summed E-state index contributed by atoms with van der Waals surface area (Å²) < 4.78 is 37.0. The fraction of sp³-hybridized carbons (Fsp3) is 0.600. The Labute approximate surface area is 103 Å². The van der Waals surface area contributed by atoms with Gasteiger partial charge in [-0.25, -0.2) is 9.97 Å². The van der Waals surface area contributed by atoms with E-state index in [9.17, 15) is 13.2 Å². The van der Waals surface area contributed by atoms with Crippen molar-refractivity contribution in [3.63, 3.8) is 0 Å². The molecule has 0 saturated heterocycles. The van der Waals surface area contributed by atoms with E-state index >= 15 is 0 Å². The summed E-state index contributed by atoms with van der Waals surface area (Å²) in [6.45, 7) is -1.19. The van der Waals surface area contributed by atoms with Crippen LogP contribution >= 0.6 is 0 Å². The normalized spacial score (nSPS) is 11.6. The van der Waals surface area contributed by atoms with E-state index in [4.69, 9.17) is 5.11 Å². The van der Waals surface area contributed by atoms with Gasteiger partial charge in [0.1, 0.15) is 6.54 Å². The molecule has 0 atom stereocenters. The molecule has 2 N–H and O–H groups in total. The molecule has 0 radical (unpaired) electrons. The van der Waals surface area contributed by atoms with Crippen molar-refractivity contribution in [3.05, 3.63) is 18.0 Å². The van der Waals surface area contributed by atoms with E-state index in [0.29, 0.717) is 6.54 Å². The van der Waals surface area contributed by atoms with Gasteiger partial charge in [0.05, 0.1) is 6.61 Å². The number of rotatable bonds is 6. The zero-order valence-corrected chi connectivity index (χ0v) is 9.91. The molecule has 0 fully saturated rings. The van der Waals surface area contributed by atoms with Gasteiger partial charge in [0.2, 0.25) is 5.95 Å². The van der Waals surface area contributed by atoms with Crippen LogP contribution in [0.1, 0.15) is 5.56 Å². The van der Waals surface area contributed by atoms with E-state index in [1.165, 1.54) is 12.4 Å². The summed E-state index contributed by atoms with van der Waals surface area (Å²) in [7, 11) is 1.75. The third kappa shape index (κ3) is 4.84. The number of aliphatic hydroxyl groups excluding tert-OH is 1. The maximum Gasteiger partial charge on any atom is 0.406 e. The van der Waals surface area contributed by atoms with E-state index in [-0.39, 0.29) is 12.5 Å². The summed E-state index contributed by atoms with van der Waals surface area (Å²) in [6, 6.07) is 0. The van der Waals surface area contributed by atoms with Crippen molar-refractivity contribution in [2.24, 2.45) is 0 Å². The van der Waals surface area contributed by atoms with Gasteiger partial charge in [0.15, 0.2) is 0 Å². The highest BCUT2D eigenvalue weighted by atomic mass is 19.4. The molecule has 0 aromatic carbocycles. The van der Waals surface area contributed by atoms with Crippen LogP contribution in [0, 0.1) is 0 Å². The monoisotopic (exact) mass is 264 g/mol. The highest BCUT2D eigenvalue weighted by Gasteiger charge is 2.31. The predicted octanol–water partition coefficient (Wildman–Crippen LogP) is 0.557. The number of aliphatic hydroxyl groups is 1. The van der Waals surface area contributed by atoms with E-state index in [1.54, 1.807) is 7.05 Å². The lowest BCUT2D eigenvalue weighted by atomic mass is 10.3. The van der Waals surface area contributed by atoms with E-state index < -0.39 is 19.3 Å². The number of nitrogens with one attached hydrogen (secondary N) is 1. The Kier molecular flexibility index (Phi) is 5.29. The van der Waals surface area contributed by atoms with Crippen molar-refractivity contribution in [3.8, 4) is 0 Å². The summed E-state index contributed by atoms with van der Waals surface area (Å²) in [6.07, 6.45) is -1.44. The molecule has 0 bridgehead atoms. The first-order chi connectivity index (χ1) is 8.46. The lowest BCUT2D eigenvalue weighted by Crippen LogP contribution is -2.37. The summed E-state index contributed by atoms with van der Waals surface area (Å²) in [5.41, 5.74) is 0.775. The smallest absolute Gasteiger partial charge is 0.395 e. The molecule has 0 saturated carbocycles. The molecule has 1 heterocycles. The Balaban J connectivity index is 2.78. The number of alkyl halides is 3. The zero-order chi connectivity index (χ0) is 13.6. The van der Waals surface area contributed by atoms with Crippen molar-refractivity contribution in [1.29, 1.82) is 0 Å². The third-order valence-electron chi connectivity index (χ3n) is 2.10. The van der Waals surface area contributed by atoms with Crippen molar-refractivity contribution in [1.82, 2.24) is 15.3 Å². The standard InChI is InChI=1S/C10H15F3N4O/c1-14-4-8-5-15-9(16-6-8)17(2-3-18)7-10(11,12)13/h5-6,14,18H,2-4,7H2,1H3. The molecule has 1 rings (SSSR count). The molecule has 102 valence electrons. The molecule has 8 heteroatoms. The minimum atomic E-state index is -4.36. The average molecular weight is 264 g/mol. The summed E-state index contributed by atoms with van der Waals surface area (Å²) in [4.78, 5) is 8.62. The zero-order valence-electron chi connectivity index (χ0n) is 9.91. The second kappa shape index (κ2) is 6.50. The Bertz CT molecular complexity index is 355. The number of nitrogens with zero attached hydrogens (tertiary/aromatic N) is 3. The molecule has 0 spiro atoms. The van der Waals surface area contributed by atoms with Crippen LogP contribution < -0.4 is 10.2 Å². The lowest BCUT2D eigenvalue weighted by molar-refractivity contribution is -0.120. The van der Waals surface area contributed by atoms with Crippen LogP contribution in [0.2, 0.25) is 0 Å². The van der Waals surface area contributed by atoms with Gasteiger partial charge >= 0.3 is 6.18 Å². The van der Waals surface area contributed by atoms with E-state index in [2.05, 4.69) is 15.3 Å². The van der Waals surface area contributed by atoms with E-state index in [1.807, 2.05) is 0 Å². The van der Waals surface area contributed by atoms with E-state index in [0.717, 1.165) is 10.5 Å². The highest BCUT2D eigenvalue weighted by molar-refractivity contribution is 5.30. The molecule has 0 unspecified atom stereocenters. The minimum Gasteiger partial charge on any atom is -0.395 e. The Hall–Kier alpha value is -1.41. The molecular weight excluding hydrogens is 249 g/mol. The SMILES string of the molecule is CNCc1cnc(N(CCO)CC(F)(F)F)nc1. The Morgan fingerprint density at radius 1 is 1.33 bits per heavy atom. The van der Waals surface area contributed by atoms with Crippen LogP contribution in [0.3, 0.4) is 0 Å². The second-order valence-electron chi connectivity index (χ2n) is 3.68. The maximum atomic E-state index is 12.3. The fourth-order valence-corrected chi connectivity index (χ4v) is 1.39. The van der Waals surface area contributed by atoms with Gasteiger partial charge in [-0.2, -0.15) is 13.2 Å². The van der Waals surface area contributed by atoms with Crippen LogP contribution in [0.4, 0.5) is 19.1 Å². The van der Waals surface area contributed by atoms with Crippen LogP contribution in [0.15, 0.2) is 12.4 Å². The van der Waals surface area contributed by atoms with Gasteiger partial charge in [-0.1, -0.05) is 0 Å². The summed E-state index contributed by atoms with van der Waals surface area (Å²) in [5.74, 6) is -0.0405. The molecular formula is C10H15F3N4O. The first-order valence-electron chi connectivity index (χ1n) is 5.34. The molecule has 0 aliphatic carbocycles. The van der Waals surface area contributed by atoms with Gasteiger partial charge in [-0.3, -0.25) is 0 Å². The number of aromatic nitrogens is 2. The highest BCUT2D eigenvalue weighted by Crippen LogP contribution is 2.19. The van der Waals surface area contributed by atoms with Crippen LogP contribution in [-0.4, -0.2) is 48.0 Å². The number of anilines is 1. The molecule has 0 aliphatic rings. The maximum absolute atomic E-state index is 12.3. The molecule has 1 aromatic heterocycles. The number of hydrogen-bond acceptors (Lipinski definition) is 5. The fourth-order valence-electron chi connectivity index (χ4n) is 1.39. The van der Waals surface area contributed by atoms with Crippen LogP contribution in [0.25, 0.3) is 0 Å².